The number of hydrogen-bond donors (Lipinski definition) is 2. The first kappa shape index (κ1) is 14.6. The molecule has 2 aromatic carbocycles. The minimum atomic E-state index is -0.312. The van der Waals surface area contributed by atoms with Crippen LogP contribution in [0.4, 0.5) is 4.39 Å². The molecule has 0 spiro atoms. The lowest BCUT2D eigenvalue weighted by Crippen LogP contribution is -1.84. The fourth-order valence-corrected chi connectivity index (χ4v) is 2.52. The molecule has 1 N–H and O–H groups in total. The van der Waals surface area contributed by atoms with Crippen molar-refractivity contribution in [3.63, 3.8) is 0 Å². The Hall–Kier alpha value is -1.30. The number of H-pyrrole nitrogens is 1. The molecular formula is C15H9BrClFN2S. The molecule has 6 heteroatoms. The van der Waals surface area contributed by atoms with Gasteiger partial charge in [-0.25, -0.2) is 9.37 Å². The molecule has 0 aliphatic carbocycles. The van der Waals surface area contributed by atoms with Crippen LogP contribution in [0.3, 0.4) is 0 Å². The molecule has 0 aliphatic rings. The van der Waals surface area contributed by atoms with E-state index in [-0.39, 0.29) is 5.82 Å². The van der Waals surface area contributed by atoms with Crippen molar-refractivity contribution in [1.29, 1.82) is 0 Å². The zero-order valence-electron chi connectivity index (χ0n) is 10.6. The third-order valence-electron chi connectivity index (χ3n) is 3.03. The van der Waals surface area contributed by atoms with E-state index in [1.165, 1.54) is 6.07 Å². The number of thiol groups is 1. The number of benzene rings is 2. The molecule has 0 saturated carbocycles. The summed E-state index contributed by atoms with van der Waals surface area (Å²) in [6.07, 6.45) is 1.67. The van der Waals surface area contributed by atoms with E-state index in [0.29, 0.717) is 20.2 Å². The maximum absolute atomic E-state index is 13.6. The lowest BCUT2D eigenvalue weighted by Gasteiger charge is -2.01. The summed E-state index contributed by atoms with van der Waals surface area (Å²) in [5.41, 5.74) is 2.34. The molecule has 1 aromatic heterocycles. The van der Waals surface area contributed by atoms with Crippen molar-refractivity contribution in [3.05, 3.63) is 57.9 Å². The van der Waals surface area contributed by atoms with Gasteiger partial charge in [0, 0.05) is 16.0 Å². The summed E-state index contributed by atoms with van der Waals surface area (Å²) < 4.78 is 14.0. The van der Waals surface area contributed by atoms with Crippen molar-refractivity contribution in [2.24, 2.45) is 0 Å². The van der Waals surface area contributed by atoms with Crippen molar-refractivity contribution in [3.8, 4) is 22.6 Å². The minimum Gasteiger partial charge on any atom is -0.338 e. The van der Waals surface area contributed by atoms with Crippen LogP contribution >= 0.6 is 40.2 Å². The molecule has 0 amide bonds. The number of rotatable bonds is 2. The Morgan fingerprint density at radius 3 is 2.62 bits per heavy atom. The second kappa shape index (κ2) is 5.83. The minimum absolute atomic E-state index is 0.312. The van der Waals surface area contributed by atoms with Crippen molar-refractivity contribution < 1.29 is 4.39 Å². The van der Waals surface area contributed by atoms with Crippen LogP contribution in [0.5, 0.6) is 0 Å². The van der Waals surface area contributed by atoms with Gasteiger partial charge in [-0.1, -0.05) is 17.7 Å². The van der Waals surface area contributed by atoms with Gasteiger partial charge >= 0.3 is 0 Å². The van der Waals surface area contributed by atoms with Crippen LogP contribution in [-0.4, -0.2) is 9.97 Å². The fourth-order valence-electron chi connectivity index (χ4n) is 1.94. The van der Waals surface area contributed by atoms with Gasteiger partial charge in [0.05, 0.1) is 21.4 Å². The number of imidazole rings is 1. The summed E-state index contributed by atoms with van der Waals surface area (Å²) in [5.74, 6) is 0.369. The quantitative estimate of drug-likeness (QED) is 0.555. The van der Waals surface area contributed by atoms with Crippen molar-refractivity contribution in [2.45, 2.75) is 4.90 Å². The van der Waals surface area contributed by atoms with Gasteiger partial charge in [-0.05, 0) is 46.3 Å². The zero-order chi connectivity index (χ0) is 15.0. The predicted molar refractivity (Wildman–Crippen MR) is 89.4 cm³/mol. The SMILES string of the molecule is Fc1cc(-c2cnc(-c3ccc(Cl)c(S)c3)[nH]2)ccc1Br. The summed E-state index contributed by atoms with van der Waals surface area (Å²) in [6.45, 7) is 0. The average molecular weight is 384 g/mol. The number of halogens is 3. The van der Waals surface area contributed by atoms with E-state index < -0.39 is 0 Å². The molecule has 0 fully saturated rings. The highest BCUT2D eigenvalue weighted by Crippen LogP contribution is 2.28. The van der Waals surface area contributed by atoms with Crippen LogP contribution < -0.4 is 0 Å². The first-order valence-corrected chi connectivity index (χ1v) is 7.66. The number of hydrogen-bond acceptors (Lipinski definition) is 2. The molecule has 0 aliphatic heterocycles. The Morgan fingerprint density at radius 2 is 1.90 bits per heavy atom. The summed E-state index contributed by atoms with van der Waals surface area (Å²) in [7, 11) is 0. The van der Waals surface area contributed by atoms with Gasteiger partial charge < -0.3 is 4.98 Å². The van der Waals surface area contributed by atoms with Crippen LogP contribution in [0.2, 0.25) is 5.02 Å². The molecule has 21 heavy (non-hydrogen) atoms. The predicted octanol–water partition coefficient (Wildman–Crippen LogP) is 5.59. The van der Waals surface area contributed by atoms with Gasteiger partial charge in [-0.15, -0.1) is 12.6 Å². The summed E-state index contributed by atoms with van der Waals surface area (Å²) >= 11 is 13.4. The monoisotopic (exact) mass is 382 g/mol. The molecule has 3 rings (SSSR count). The third-order valence-corrected chi connectivity index (χ3v) is 4.50. The average Bonchev–Trinajstić information content (AvgIpc) is 2.94. The second-order valence-electron chi connectivity index (χ2n) is 4.44. The third kappa shape index (κ3) is 3.00. The number of nitrogens with one attached hydrogen (secondary N) is 1. The van der Waals surface area contributed by atoms with E-state index in [9.17, 15) is 4.39 Å². The van der Waals surface area contributed by atoms with Gasteiger partial charge in [-0.3, -0.25) is 0 Å². The second-order valence-corrected chi connectivity index (χ2v) is 6.18. The first-order valence-electron chi connectivity index (χ1n) is 6.04. The van der Waals surface area contributed by atoms with Gasteiger partial charge in [0.1, 0.15) is 11.6 Å². The van der Waals surface area contributed by atoms with Crippen molar-refractivity contribution >= 4 is 40.2 Å². The topological polar surface area (TPSA) is 28.7 Å². The normalized spacial score (nSPS) is 10.9. The lowest BCUT2D eigenvalue weighted by molar-refractivity contribution is 0.621. The van der Waals surface area contributed by atoms with E-state index >= 15 is 0 Å². The number of nitrogens with zero attached hydrogens (tertiary/aromatic N) is 1. The first-order chi connectivity index (χ1) is 10.0. The highest BCUT2D eigenvalue weighted by atomic mass is 79.9. The van der Waals surface area contributed by atoms with Crippen molar-refractivity contribution in [2.75, 3.05) is 0 Å². The van der Waals surface area contributed by atoms with E-state index in [1.54, 1.807) is 18.3 Å². The van der Waals surface area contributed by atoms with Gasteiger partial charge in [-0.2, -0.15) is 0 Å². The van der Waals surface area contributed by atoms with Gasteiger partial charge in [0.2, 0.25) is 0 Å². The molecular weight excluding hydrogens is 375 g/mol. The van der Waals surface area contributed by atoms with Crippen LogP contribution in [0.1, 0.15) is 0 Å². The largest absolute Gasteiger partial charge is 0.338 e. The van der Waals surface area contributed by atoms with Crippen molar-refractivity contribution in [1.82, 2.24) is 9.97 Å². The molecule has 0 radical (unpaired) electrons. The summed E-state index contributed by atoms with van der Waals surface area (Å²) in [6, 6.07) is 10.4. The Bertz CT molecular complexity index is 753. The smallest absolute Gasteiger partial charge is 0.138 e. The molecule has 0 bridgehead atoms. The Balaban J connectivity index is 1.99. The van der Waals surface area contributed by atoms with Crippen LogP contribution in [-0.2, 0) is 0 Å². The zero-order valence-corrected chi connectivity index (χ0v) is 13.8. The molecule has 3 aromatic rings. The molecule has 1 heterocycles. The van der Waals surface area contributed by atoms with Crippen LogP contribution in [0, 0.1) is 5.82 Å². The Labute approximate surface area is 139 Å². The van der Waals surface area contributed by atoms with Crippen LogP contribution in [0.25, 0.3) is 22.6 Å². The maximum atomic E-state index is 13.6. The molecule has 106 valence electrons. The molecule has 0 saturated heterocycles. The standard InChI is InChI=1S/C15H9BrClFN2S/c16-10-3-1-8(5-12(10)18)13-7-19-15(20-13)9-2-4-11(17)14(21)6-9/h1-7,21H,(H,19,20). The highest BCUT2D eigenvalue weighted by molar-refractivity contribution is 9.10. The summed E-state index contributed by atoms with van der Waals surface area (Å²) in [5, 5.41) is 0.587. The molecule has 0 unspecified atom stereocenters. The number of aromatic amines is 1. The highest BCUT2D eigenvalue weighted by Gasteiger charge is 2.09. The lowest BCUT2D eigenvalue weighted by atomic mass is 10.2. The number of aromatic nitrogens is 2. The van der Waals surface area contributed by atoms with E-state index in [0.717, 1.165) is 16.8 Å². The fraction of sp³-hybridized carbons (Fsp3) is 0. The molecule has 2 nitrogen and oxygen atoms in total. The van der Waals surface area contributed by atoms with Gasteiger partial charge in [0.15, 0.2) is 0 Å². The summed E-state index contributed by atoms with van der Waals surface area (Å²) in [4.78, 5) is 8.17. The Morgan fingerprint density at radius 1 is 1.14 bits per heavy atom. The molecule has 0 atom stereocenters. The Kier molecular flexibility index (Phi) is 4.06. The van der Waals surface area contributed by atoms with E-state index in [4.69, 9.17) is 11.6 Å². The van der Waals surface area contributed by atoms with E-state index in [1.807, 2.05) is 18.2 Å². The van der Waals surface area contributed by atoms with Gasteiger partial charge in [0.25, 0.3) is 0 Å². The maximum Gasteiger partial charge on any atom is 0.138 e. The van der Waals surface area contributed by atoms with E-state index in [2.05, 4.69) is 38.5 Å². The van der Waals surface area contributed by atoms with Crippen LogP contribution in [0.15, 0.2) is 52.0 Å².